The van der Waals surface area contributed by atoms with Crippen LogP contribution < -0.4 is 0 Å². The minimum atomic E-state index is 0.715. The van der Waals surface area contributed by atoms with E-state index in [9.17, 15) is 0 Å². The molecule has 0 amide bonds. The number of allylic oxidation sites excluding steroid dienone is 1. The molecule has 2 rings (SSSR count). The summed E-state index contributed by atoms with van der Waals surface area (Å²) in [5.41, 5.74) is 3.03. The van der Waals surface area contributed by atoms with Gasteiger partial charge in [-0.3, -0.25) is 0 Å². The van der Waals surface area contributed by atoms with E-state index >= 15 is 0 Å². The van der Waals surface area contributed by atoms with Gasteiger partial charge in [0.15, 0.2) is 0 Å². The van der Waals surface area contributed by atoms with E-state index in [2.05, 4.69) is 30.8 Å². The van der Waals surface area contributed by atoms with Crippen LogP contribution in [0.5, 0.6) is 0 Å². The van der Waals surface area contributed by atoms with Crippen LogP contribution in [0.15, 0.2) is 36.9 Å². The Kier molecular flexibility index (Phi) is 5.13. The molecule has 1 nitrogen and oxygen atoms in total. The van der Waals surface area contributed by atoms with Crippen molar-refractivity contribution in [2.24, 2.45) is 5.92 Å². The molecule has 0 atom stereocenters. The largest absolute Gasteiger partial charge is 0.384 e. The highest BCUT2D eigenvalue weighted by Crippen LogP contribution is 2.26. The minimum Gasteiger partial charge on any atom is -0.384 e. The van der Waals surface area contributed by atoms with Gasteiger partial charge in [-0.15, -0.1) is 6.58 Å². The highest BCUT2D eigenvalue weighted by Gasteiger charge is 2.19. The smallest absolute Gasteiger partial charge is 0.0496 e. The van der Waals surface area contributed by atoms with Gasteiger partial charge in [0.2, 0.25) is 0 Å². The molecular weight excluding hydrogens is 184 g/mol. The van der Waals surface area contributed by atoms with Crippen molar-refractivity contribution in [3.63, 3.8) is 0 Å². The molecule has 1 aliphatic carbocycles. The first-order chi connectivity index (χ1) is 7.31. The fourth-order valence-electron chi connectivity index (χ4n) is 2.00. The Labute approximate surface area is 92.8 Å². The van der Waals surface area contributed by atoms with Crippen molar-refractivity contribution in [2.75, 3.05) is 13.7 Å². The molecular formula is C14H20O. The summed E-state index contributed by atoms with van der Waals surface area (Å²) in [5, 5.41) is 0. The first-order valence-corrected chi connectivity index (χ1v) is 5.44. The van der Waals surface area contributed by atoms with Crippen LogP contribution in [0.4, 0.5) is 0 Å². The Hall–Kier alpha value is -1.08. The van der Waals surface area contributed by atoms with Crippen LogP contribution in [0.2, 0.25) is 0 Å². The summed E-state index contributed by atoms with van der Waals surface area (Å²) < 4.78 is 5.16. The van der Waals surface area contributed by atoms with Gasteiger partial charge in [0, 0.05) is 13.7 Å². The highest BCUT2D eigenvalue weighted by atomic mass is 16.5. The molecule has 0 fully saturated rings. The molecule has 0 aromatic heterocycles. The Bertz CT molecular complexity index is 279. The quantitative estimate of drug-likeness (QED) is 0.672. The van der Waals surface area contributed by atoms with Gasteiger partial charge in [-0.25, -0.2) is 0 Å². The monoisotopic (exact) mass is 204 g/mol. The van der Waals surface area contributed by atoms with Crippen molar-refractivity contribution in [1.82, 2.24) is 0 Å². The van der Waals surface area contributed by atoms with Gasteiger partial charge in [-0.1, -0.05) is 30.3 Å². The van der Waals surface area contributed by atoms with E-state index in [1.807, 2.05) is 6.92 Å². The van der Waals surface area contributed by atoms with Crippen molar-refractivity contribution in [3.05, 3.63) is 48.0 Å². The molecule has 15 heavy (non-hydrogen) atoms. The molecule has 0 saturated heterocycles. The van der Waals surface area contributed by atoms with Gasteiger partial charge in [-0.05, 0) is 36.8 Å². The molecule has 0 N–H and O–H groups in total. The van der Waals surface area contributed by atoms with E-state index in [-0.39, 0.29) is 0 Å². The molecule has 0 heterocycles. The highest BCUT2D eigenvalue weighted by molar-refractivity contribution is 5.31. The fourth-order valence-corrected chi connectivity index (χ4v) is 2.00. The SMILES string of the molecule is C=CC.COCC1Cc2ccccc2C1. The number of ether oxygens (including phenoxy) is 1. The average Bonchev–Trinajstić information content (AvgIpc) is 2.61. The molecule has 1 aromatic rings. The van der Waals surface area contributed by atoms with E-state index in [1.54, 1.807) is 13.2 Å². The zero-order chi connectivity index (χ0) is 11.1. The summed E-state index contributed by atoms with van der Waals surface area (Å²) in [5.74, 6) is 0.715. The van der Waals surface area contributed by atoms with Gasteiger partial charge >= 0.3 is 0 Å². The maximum Gasteiger partial charge on any atom is 0.0496 e. The third-order valence-corrected chi connectivity index (χ3v) is 2.54. The fraction of sp³-hybridized carbons (Fsp3) is 0.429. The molecule has 0 aliphatic heterocycles. The van der Waals surface area contributed by atoms with E-state index in [1.165, 1.54) is 24.0 Å². The summed E-state index contributed by atoms with van der Waals surface area (Å²) in [6.07, 6.45) is 4.15. The van der Waals surface area contributed by atoms with Gasteiger partial charge in [0.1, 0.15) is 0 Å². The van der Waals surface area contributed by atoms with Gasteiger partial charge < -0.3 is 4.74 Å². The Balaban J connectivity index is 0.000000337. The van der Waals surface area contributed by atoms with Gasteiger partial charge in [0.05, 0.1) is 0 Å². The molecule has 82 valence electrons. The van der Waals surface area contributed by atoms with Crippen LogP contribution >= 0.6 is 0 Å². The number of rotatable bonds is 2. The van der Waals surface area contributed by atoms with E-state index < -0.39 is 0 Å². The second-order valence-electron chi connectivity index (χ2n) is 3.91. The molecule has 1 aliphatic rings. The molecule has 1 aromatic carbocycles. The summed E-state index contributed by atoms with van der Waals surface area (Å²) in [6.45, 7) is 6.15. The normalized spacial score (nSPS) is 14.0. The Morgan fingerprint density at radius 1 is 1.33 bits per heavy atom. The number of hydrogen-bond acceptors (Lipinski definition) is 1. The van der Waals surface area contributed by atoms with Crippen LogP contribution in [0.1, 0.15) is 18.1 Å². The molecule has 0 spiro atoms. The molecule has 1 heteroatoms. The standard InChI is InChI=1S/C11H14O.C3H6/c1-12-8-9-6-10-4-2-3-5-11(10)7-9;1-3-2/h2-5,9H,6-8H2,1H3;3H,1H2,2H3. The molecule has 0 bridgehead atoms. The van der Waals surface area contributed by atoms with Crippen LogP contribution in [-0.2, 0) is 17.6 Å². The van der Waals surface area contributed by atoms with Crippen LogP contribution in [0.25, 0.3) is 0 Å². The predicted molar refractivity (Wildman–Crippen MR) is 65.1 cm³/mol. The third-order valence-electron chi connectivity index (χ3n) is 2.54. The van der Waals surface area contributed by atoms with Crippen LogP contribution in [0, 0.1) is 5.92 Å². The van der Waals surface area contributed by atoms with Crippen LogP contribution in [0.3, 0.4) is 0 Å². The van der Waals surface area contributed by atoms with Crippen molar-refractivity contribution in [1.29, 1.82) is 0 Å². The van der Waals surface area contributed by atoms with Crippen molar-refractivity contribution in [3.8, 4) is 0 Å². The lowest BCUT2D eigenvalue weighted by Crippen LogP contribution is -2.07. The van der Waals surface area contributed by atoms with E-state index in [0.717, 1.165) is 6.61 Å². The third kappa shape index (κ3) is 3.52. The maximum atomic E-state index is 5.16. The topological polar surface area (TPSA) is 9.23 Å². The number of benzene rings is 1. The van der Waals surface area contributed by atoms with Crippen molar-refractivity contribution >= 4 is 0 Å². The molecule has 0 unspecified atom stereocenters. The summed E-state index contributed by atoms with van der Waals surface area (Å²) in [7, 11) is 1.78. The summed E-state index contributed by atoms with van der Waals surface area (Å²) in [6, 6.07) is 8.69. The maximum absolute atomic E-state index is 5.16. The first-order valence-electron chi connectivity index (χ1n) is 5.44. The lowest BCUT2D eigenvalue weighted by atomic mass is 10.1. The average molecular weight is 204 g/mol. The van der Waals surface area contributed by atoms with Crippen molar-refractivity contribution in [2.45, 2.75) is 19.8 Å². The van der Waals surface area contributed by atoms with Crippen LogP contribution in [-0.4, -0.2) is 13.7 Å². The first kappa shape index (κ1) is 12.0. The summed E-state index contributed by atoms with van der Waals surface area (Å²) >= 11 is 0. The van der Waals surface area contributed by atoms with Gasteiger partial charge in [0.25, 0.3) is 0 Å². The lowest BCUT2D eigenvalue weighted by Gasteiger charge is -2.05. The van der Waals surface area contributed by atoms with E-state index in [0.29, 0.717) is 5.92 Å². The second-order valence-corrected chi connectivity index (χ2v) is 3.91. The zero-order valence-corrected chi connectivity index (χ0v) is 9.70. The predicted octanol–water partition coefficient (Wildman–Crippen LogP) is 3.24. The number of methoxy groups -OCH3 is 1. The zero-order valence-electron chi connectivity index (χ0n) is 9.70. The van der Waals surface area contributed by atoms with Crippen molar-refractivity contribution < 1.29 is 4.74 Å². The molecule has 0 saturated carbocycles. The summed E-state index contributed by atoms with van der Waals surface area (Å²) in [4.78, 5) is 0. The lowest BCUT2D eigenvalue weighted by molar-refractivity contribution is 0.156. The number of hydrogen-bond donors (Lipinski definition) is 0. The number of fused-ring (bicyclic) bond motifs is 1. The Morgan fingerprint density at radius 2 is 1.80 bits per heavy atom. The second kappa shape index (κ2) is 6.41. The minimum absolute atomic E-state index is 0.715. The van der Waals surface area contributed by atoms with E-state index in [4.69, 9.17) is 4.74 Å². The molecule has 0 radical (unpaired) electrons. The Morgan fingerprint density at radius 3 is 2.20 bits per heavy atom. The van der Waals surface area contributed by atoms with Gasteiger partial charge in [-0.2, -0.15) is 0 Å².